The summed E-state index contributed by atoms with van der Waals surface area (Å²) in [6, 6.07) is 0. The van der Waals surface area contributed by atoms with Crippen LogP contribution in [0.4, 0.5) is 0 Å². The summed E-state index contributed by atoms with van der Waals surface area (Å²) in [7, 11) is 0. The van der Waals surface area contributed by atoms with Crippen LogP contribution in [0, 0.1) is 0 Å². The Kier molecular flexibility index (Phi) is 39.1. The summed E-state index contributed by atoms with van der Waals surface area (Å²) in [5.41, 5.74) is 0. The van der Waals surface area contributed by atoms with Gasteiger partial charge in [0.1, 0.15) is 13.2 Å². The fraction of sp³-hybridized carbons (Fsp3) is 0.761. The number of esters is 3. The van der Waals surface area contributed by atoms with Crippen LogP contribution >= 0.6 is 0 Å². The van der Waals surface area contributed by atoms with E-state index in [0.29, 0.717) is 19.3 Å². The summed E-state index contributed by atoms with van der Waals surface area (Å²) in [6.07, 6.45) is 46.9. The quantitative estimate of drug-likeness (QED) is 0.0272. The molecule has 0 aromatic heterocycles. The zero-order valence-electron chi connectivity index (χ0n) is 34.1. The molecule has 0 aromatic carbocycles. The van der Waals surface area contributed by atoms with Crippen molar-refractivity contribution in [3.05, 3.63) is 48.6 Å². The van der Waals surface area contributed by atoms with Crippen molar-refractivity contribution in [2.45, 2.75) is 213 Å². The maximum absolute atomic E-state index is 12.6. The van der Waals surface area contributed by atoms with Crippen LogP contribution in [0.2, 0.25) is 0 Å². The summed E-state index contributed by atoms with van der Waals surface area (Å²) in [6.45, 7) is 6.44. The Morgan fingerprint density at radius 2 is 0.712 bits per heavy atom. The molecule has 0 saturated carbocycles. The summed E-state index contributed by atoms with van der Waals surface area (Å²) in [5.74, 6) is -0.931. The van der Waals surface area contributed by atoms with E-state index in [2.05, 4.69) is 69.4 Å². The summed E-state index contributed by atoms with van der Waals surface area (Å²) in [5, 5.41) is 0. The molecule has 0 heterocycles. The number of allylic oxidation sites excluding steroid dienone is 8. The first-order valence-corrected chi connectivity index (χ1v) is 21.6. The molecule has 0 bridgehead atoms. The van der Waals surface area contributed by atoms with Crippen LogP contribution in [0.1, 0.15) is 207 Å². The second-order valence-electron chi connectivity index (χ2n) is 14.3. The van der Waals surface area contributed by atoms with Gasteiger partial charge in [-0.1, -0.05) is 159 Å². The maximum Gasteiger partial charge on any atom is 0.306 e. The van der Waals surface area contributed by atoms with Crippen molar-refractivity contribution in [2.75, 3.05) is 13.2 Å². The van der Waals surface area contributed by atoms with Gasteiger partial charge in [0.15, 0.2) is 6.10 Å². The van der Waals surface area contributed by atoms with Crippen molar-refractivity contribution in [1.29, 1.82) is 0 Å². The van der Waals surface area contributed by atoms with E-state index in [1.54, 1.807) is 0 Å². The van der Waals surface area contributed by atoms with Crippen molar-refractivity contribution < 1.29 is 28.6 Å². The van der Waals surface area contributed by atoms with Gasteiger partial charge in [0.2, 0.25) is 0 Å². The van der Waals surface area contributed by atoms with Crippen molar-refractivity contribution in [2.24, 2.45) is 0 Å². The third kappa shape index (κ3) is 38.6. The van der Waals surface area contributed by atoms with E-state index in [1.165, 1.54) is 57.8 Å². The van der Waals surface area contributed by atoms with E-state index < -0.39 is 6.10 Å². The van der Waals surface area contributed by atoms with Gasteiger partial charge in [-0.2, -0.15) is 0 Å². The molecule has 0 aliphatic heterocycles. The predicted octanol–water partition coefficient (Wildman–Crippen LogP) is 13.6. The number of unbranched alkanes of at least 4 members (excludes halogenated alkanes) is 19. The molecule has 300 valence electrons. The number of ether oxygens (including phenoxy) is 3. The molecule has 1 atom stereocenters. The molecule has 0 aliphatic carbocycles. The first-order valence-electron chi connectivity index (χ1n) is 21.6. The highest BCUT2D eigenvalue weighted by Gasteiger charge is 2.19. The lowest BCUT2D eigenvalue weighted by Crippen LogP contribution is -2.30. The van der Waals surface area contributed by atoms with Gasteiger partial charge in [0.25, 0.3) is 0 Å². The number of hydrogen-bond acceptors (Lipinski definition) is 6. The largest absolute Gasteiger partial charge is 0.462 e. The smallest absolute Gasteiger partial charge is 0.306 e. The van der Waals surface area contributed by atoms with Crippen LogP contribution < -0.4 is 0 Å². The van der Waals surface area contributed by atoms with E-state index in [4.69, 9.17) is 14.2 Å². The minimum Gasteiger partial charge on any atom is -0.462 e. The monoisotopic (exact) mass is 729 g/mol. The third-order valence-corrected chi connectivity index (χ3v) is 9.06. The van der Waals surface area contributed by atoms with Crippen LogP contribution in [-0.2, 0) is 28.6 Å². The van der Waals surface area contributed by atoms with Gasteiger partial charge in [-0.05, 0) is 77.0 Å². The lowest BCUT2D eigenvalue weighted by molar-refractivity contribution is -0.167. The highest BCUT2D eigenvalue weighted by atomic mass is 16.6. The molecule has 6 heteroatoms. The highest BCUT2D eigenvalue weighted by Crippen LogP contribution is 2.12. The number of carbonyl (C=O) groups excluding carboxylic acids is 3. The third-order valence-electron chi connectivity index (χ3n) is 9.06. The fourth-order valence-corrected chi connectivity index (χ4v) is 5.72. The fourth-order valence-electron chi connectivity index (χ4n) is 5.72. The average molecular weight is 729 g/mol. The molecule has 0 aliphatic rings. The molecule has 0 amide bonds. The van der Waals surface area contributed by atoms with Crippen LogP contribution in [0.3, 0.4) is 0 Å². The minimum atomic E-state index is -0.779. The number of carbonyl (C=O) groups is 3. The molecule has 6 nitrogen and oxygen atoms in total. The molecule has 1 unspecified atom stereocenters. The SMILES string of the molecule is CCCC/C=C\C/C=C\CCCCCCCC(=O)OC(COC(=O)CCCCCCC)COC(=O)CCCCCCC/C=C\C/C=C\CCCCC. The Labute approximate surface area is 320 Å². The van der Waals surface area contributed by atoms with Gasteiger partial charge in [-0.25, -0.2) is 0 Å². The first kappa shape index (κ1) is 49.4. The molecule has 0 radical (unpaired) electrons. The van der Waals surface area contributed by atoms with E-state index in [-0.39, 0.29) is 31.1 Å². The van der Waals surface area contributed by atoms with Gasteiger partial charge < -0.3 is 14.2 Å². The maximum atomic E-state index is 12.6. The van der Waals surface area contributed by atoms with Crippen molar-refractivity contribution in [3.8, 4) is 0 Å². The van der Waals surface area contributed by atoms with Gasteiger partial charge >= 0.3 is 17.9 Å². The normalized spacial score (nSPS) is 12.4. The molecular formula is C46H80O6. The van der Waals surface area contributed by atoms with Gasteiger partial charge in [0.05, 0.1) is 0 Å². The Hall–Kier alpha value is -2.63. The minimum absolute atomic E-state index is 0.0848. The molecule has 0 fully saturated rings. The number of hydrogen-bond donors (Lipinski definition) is 0. The van der Waals surface area contributed by atoms with E-state index >= 15 is 0 Å². The Bertz CT molecular complexity index is 933. The zero-order chi connectivity index (χ0) is 38.0. The summed E-state index contributed by atoms with van der Waals surface area (Å²) in [4.78, 5) is 37.4. The molecule has 52 heavy (non-hydrogen) atoms. The van der Waals surface area contributed by atoms with Crippen LogP contribution in [0.15, 0.2) is 48.6 Å². The Morgan fingerprint density at radius 1 is 0.385 bits per heavy atom. The topological polar surface area (TPSA) is 78.9 Å². The molecule has 0 spiro atoms. The van der Waals surface area contributed by atoms with E-state index in [1.807, 2.05) is 0 Å². The second kappa shape index (κ2) is 41.1. The first-order chi connectivity index (χ1) is 25.5. The van der Waals surface area contributed by atoms with Crippen LogP contribution in [0.25, 0.3) is 0 Å². The van der Waals surface area contributed by atoms with Gasteiger partial charge in [-0.15, -0.1) is 0 Å². The molecule has 0 rings (SSSR count). The van der Waals surface area contributed by atoms with Gasteiger partial charge in [-0.3, -0.25) is 14.4 Å². The zero-order valence-corrected chi connectivity index (χ0v) is 34.1. The predicted molar refractivity (Wildman–Crippen MR) is 219 cm³/mol. The summed E-state index contributed by atoms with van der Waals surface area (Å²) >= 11 is 0. The van der Waals surface area contributed by atoms with E-state index in [0.717, 1.165) is 109 Å². The van der Waals surface area contributed by atoms with Crippen LogP contribution in [0.5, 0.6) is 0 Å². The van der Waals surface area contributed by atoms with Crippen molar-refractivity contribution >= 4 is 17.9 Å². The highest BCUT2D eigenvalue weighted by molar-refractivity contribution is 5.71. The Morgan fingerprint density at radius 3 is 1.15 bits per heavy atom. The summed E-state index contributed by atoms with van der Waals surface area (Å²) < 4.78 is 16.6. The van der Waals surface area contributed by atoms with Crippen molar-refractivity contribution in [3.63, 3.8) is 0 Å². The Balaban J connectivity index is 4.30. The van der Waals surface area contributed by atoms with Crippen LogP contribution in [-0.4, -0.2) is 37.2 Å². The lowest BCUT2D eigenvalue weighted by atomic mass is 10.1. The molecular weight excluding hydrogens is 648 g/mol. The van der Waals surface area contributed by atoms with Crippen molar-refractivity contribution in [1.82, 2.24) is 0 Å². The lowest BCUT2D eigenvalue weighted by Gasteiger charge is -2.18. The number of rotatable bonds is 38. The standard InChI is InChI=1S/C46H80O6/c1-4-7-10-13-15-17-19-21-23-25-26-28-30-33-36-39-45(48)51-42-43(41-50-44(47)38-35-32-12-9-6-3)52-46(49)40-37-34-31-29-27-24-22-20-18-16-14-11-8-5-2/h14-17,20-23,43H,4-13,18-19,24-42H2,1-3H3/b16-14-,17-15-,22-20-,23-21-. The molecule has 0 N–H and O–H groups in total. The molecule has 0 saturated heterocycles. The second-order valence-corrected chi connectivity index (χ2v) is 14.3. The molecule has 0 aromatic rings. The van der Waals surface area contributed by atoms with Gasteiger partial charge in [0, 0.05) is 19.3 Å². The average Bonchev–Trinajstić information content (AvgIpc) is 3.14. The van der Waals surface area contributed by atoms with E-state index in [9.17, 15) is 14.4 Å².